The third kappa shape index (κ3) is 3.95. The average Bonchev–Trinajstić information content (AvgIpc) is 3.14. The van der Waals surface area contributed by atoms with Crippen molar-refractivity contribution in [2.24, 2.45) is 5.92 Å². The number of hydrogen-bond acceptors (Lipinski definition) is 5. The van der Waals surface area contributed by atoms with Gasteiger partial charge in [-0.1, -0.05) is 50.1 Å². The summed E-state index contributed by atoms with van der Waals surface area (Å²) < 4.78 is 5.82. The Morgan fingerprint density at radius 1 is 1.22 bits per heavy atom. The molecule has 5 nitrogen and oxygen atoms in total. The fraction of sp³-hybridized carbons (Fsp3) is 0.381. The maximum Gasteiger partial charge on any atom is 0.258 e. The van der Waals surface area contributed by atoms with Gasteiger partial charge in [0.2, 0.25) is 5.88 Å². The molecule has 140 valence electrons. The van der Waals surface area contributed by atoms with E-state index < -0.39 is 0 Å². The van der Waals surface area contributed by atoms with Crippen LogP contribution >= 0.6 is 11.3 Å². The number of carbonyl (C=O) groups excluding carboxylic acids is 1. The Hall–Kier alpha value is -2.47. The number of carbonyl (C=O) groups is 1. The number of rotatable bonds is 5. The Kier molecular flexibility index (Phi) is 5.34. The summed E-state index contributed by atoms with van der Waals surface area (Å²) in [6.45, 7) is 2.18. The molecule has 1 aliphatic rings. The summed E-state index contributed by atoms with van der Waals surface area (Å²) in [6, 6.07) is 10.3. The molecule has 2 unspecified atom stereocenters. The zero-order valence-electron chi connectivity index (χ0n) is 15.4. The highest BCUT2D eigenvalue weighted by Crippen LogP contribution is 2.37. The number of thiophene rings is 1. The van der Waals surface area contributed by atoms with Crippen LogP contribution in [0, 0.1) is 5.92 Å². The van der Waals surface area contributed by atoms with Crippen LogP contribution in [-0.2, 0) is 4.79 Å². The minimum absolute atomic E-state index is 0.0284. The maximum absolute atomic E-state index is 12.4. The van der Waals surface area contributed by atoms with Gasteiger partial charge < -0.3 is 10.1 Å². The number of ether oxygens (including phenoxy) is 1. The highest BCUT2D eigenvalue weighted by Gasteiger charge is 2.23. The van der Waals surface area contributed by atoms with E-state index in [0.717, 1.165) is 27.8 Å². The second-order valence-corrected chi connectivity index (χ2v) is 7.96. The highest BCUT2D eigenvalue weighted by molar-refractivity contribution is 7.17. The third-order valence-corrected chi connectivity index (χ3v) is 6.10. The molecule has 0 radical (unpaired) electrons. The Balaban J connectivity index is 1.50. The number of aromatic nitrogens is 2. The van der Waals surface area contributed by atoms with Crippen LogP contribution in [0.15, 0.2) is 42.0 Å². The summed E-state index contributed by atoms with van der Waals surface area (Å²) >= 11 is 1.55. The predicted octanol–water partition coefficient (Wildman–Crippen LogP) is 4.43. The van der Waals surface area contributed by atoms with Gasteiger partial charge in [0.15, 0.2) is 6.61 Å². The standard InChI is InChI=1S/C21H23N3O2S/c1-14-7-5-6-10-17(14)24-18(25)11-26-20-19-16(15-8-3-2-4-9-15)12-27-21(19)23-13-22-20/h2-4,8-9,12-14,17H,5-7,10-11H2,1H3,(H,24,25). The van der Waals surface area contributed by atoms with E-state index in [1.54, 1.807) is 11.3 Å². The van der Waals surface area contributed by atoms with Crippen molar-refractivity contribution in [2.45, 2.75) is 38.6 Å². The minimum Gasteiger partial charge on any atom is -0.467 e. The second kappa shape index (κ2) is 8.05. The van der Waals surface area contributed by atoms with Gasteiger partial charge in [-0.3, -0.25) is 4.79 Å². The molecule has 4 rings (SSSR count). The lowest BCUT2D eigenvalue weighted by atomic mass is 9.86. The molecular formula is C21H23N3O2S. The molecule has 0 aliphatic heterocycles. The number of amides is 1. The summed E-state index contributed by atoms with van der Waals surface area (Å²) in [5.74, 6) is 0.902. The monoisotopic (exact) mass is 381 g/mol. The van der Waals surface area contributed by atoms with Crippen LogP contribution in [-0.4, -0.2) is 28.5 Å². The molecule has 0 bridgehead atoms. The van der Waals surface area contributed by atoms with E-state index in [1.165, 1.54) is 25.6 Å². The summed E-state index contributed by atoms with van der Waals surface area (Å²) in [6.07, 6.45) is 6.15. The van der Waals surface area contributed by atoms with E-state index in [0.29, 0.717) is 11.8 Å². The van der Waals surface area contributed by atoms with Crippen LogP contribution in [0.1, 0.15) is 32.6 Å². The van der Waals surface area contributed by atoms with Gasteiger partial charge in [0.05, 0.1) is 5.39 Å². The van der Waals surface area contributed by atoms with Gasteiger partial charge >= 0.3 is 0 Å². The van der Waals surface area contributed by atoms with Crippen molar-refractivity contribution in [3.05, 3.63) is 42.0 Å². The zero-order chi connectivity index (χ0) is 18.6. The molecular weight excluding hydrogens is 358 g/mol. The largest absolute Gasteiger partial charge is 0.467 e. The molecule has 1 aromatic carbocycles. The van der Waals surface area contributed by atoms with Crippen LogP contribution in [0.25, 0.3) is 21.3 Å². The van der Waals surface area contributed by atoms with E-state index in [9.17, 15) is 4.79 Å². The zero-order valence-corrected chi connectivity index (χ0v) is 16.2. The molecule has 1 aliphatic carbocycles. The third-order valence-electron chi connectivity index (χ3n) is 5.22. The number of hydrogen-bond donors (Lipinski definition) is 1. The number of nitrogens with zero attached hydrogens (tertiary/aromatic N) is 2. The molecule has 6 heteroatoms. The van der Waals surface area contributed by atoms with Crippen molar-refractivity contribution in [1.29, 1.82) is 0 Å². The van der Waals surface area contributed by atoms with Crippen LogP contribution in [0.4, 0.5) is 0 Å². The molecule has 1 saturated carbocycles. The number of nitrogens with one attached hydrogen (secondary N) is 1. The lowest BCUT2D eigenvalue weighted by Gasteiger charge is -2.29. The fourth-order valence-corrected chi connectivity index (χ4v) is 4.61. The predicted molar refractivity (Wildman–Crippen MR) is 108 cm³/mol. The normalized spacial score (nSPS) is 19.7. The summed E-state index contributed by atoms with van der Waals surface area (Å²) in [4.78, 5) is 21.9. The van der Waals surface area contributed by atoms with Crippen molar-refractivity contribution >= 4 is 27.5 Å². The molecule has 1 fully saturated rings. The smallest absolute Gasteiger partial charge is 0.258 e. The Bertz CT molecular complexity index is 926. The molecule has 1 amide bonds. The molecule has 2 heterocycles. The van der Waals surface area contributed by atoms with Crippen molar-refractivity contribution < 1.29 is 9.53 Å². The van der Waals surface area contributed by atoms with Gasteiger partial charge in [-0.25, -0.2) is 9.97 Å². The second-order valence-electron chi connectivity index (χ2n) is 7.10. The minimum atomic E-state index is -0.0861. The van der Waals surface area contributed by atoms with E-state index in [2.05, 4.69) is 39.7 Å². The number of fused-ring (bicyclic) bond motifs is 1. The Labute approximate surface area is 162 Å². The fourth-order valence-electron chi connectivity index (χ4n) is 3.70. The molecule has 2 atom stereocenters. The van der Waals surface area contributed by atoms with E-state index in [-0.39, 0.29) is 18.6 Å². The molecule has 3 aromatic rings. The van der Waals surface area contributed by atoms with Gasteiger partial charge in [-0.05, 0) is 24.3 Å². The summed E-state index contributed by atoms with van der Waals surface area (Å²) in [5.41, 5.74) is 2.12. The van der Waals surface area contributed by atoms with Crippen LogP contribution in [0.3, 0.4) is 0 Å². The lowest BCUT2D eigenvalue weighted by Crippen LogP contribution is -2.43. The van der Waals surface area contributed by atoms with Crippen molar-refractivity contribution in [2.75, 3.05) is 6.61 Å². The van der Waals surface area contributed by atoms with Gasteiger partial charge in [-0.2, -0.15) is 0 Å². The van der Waals surface area contributed by atoms with E-state index in [1.807, 2.05) is 18.2 Å². The molecule has 2 aromatic heterocycles. The Morgan fingerprint density at radius 3 is 2.85 bits per heavy atom. The quantitative estimate of drug-likeness (QED) is 0.710. The molecule has 1 N–H and O–H groups in total. The summed E-state index contributed by atoms with van der Waals surface area (Å²) in [5, 5.41) is 6.05. The maximum atomic E-state index is 12.4. The van der Waals surface area contributed by atoms with Crippen LogP contribution in [0.5, 0.6) is 5.88 Å². The van der Waals surface area contributed by atoms with Gasteiger partial charge in [0, 0.05) is 17.0 Å². The molecule has 0 spiro atoms. The summed E-state index contributed by atoms with van der Waals surface area (Å²) in [7, 11) is 0. The Morgan fingerprint density at radius 2 is 2.04 bits per heavy atom. The molecule has 0 saturated heterocycles. The van der Waals surface area contributed by atoms with Crippen LogP contribution < -0.4 is 10.1 Å². The van der Waals surface area contributed by atoms with E-state index in [4.69, 9.17) is 4.74 Å². The first-order chi connectivity index (χ1) is 13.2. The van der Waals surface area contributed by atoms with E-state index >= 15 is 0 Å². The van der Waals surface area contributed by atoms with Crippen molar-refractivity contribution in [1.82, 2.24) is 15.3 Å². The topological polar surface area (TPSA) is 64.1 Å². The first kappa shape index (κ1) is 17.9. The van der Waals surface area contributed by atoms with Gasteiger partial charge in [-0.15, -0.1) is 11.3 Å². The van der Waals surface area contributed by atoms with Gasteiger partial charge in [0.25, 0.3) is 5.91 Å². The van der Waals surface area contributed by atoms with Crippen molar-refractivity contribution in [3.63, 3.8) is 0 Å². The average molecular weight is 382 g/mol. The molecule has 27 heavy (non-hydrogen) atoms. The first-order valence-corrected chi connectivity index (χ1v) is 10.3. The highest BCUT2D eigenvalue weighted by atomic mass is 32.1. The van der Waals surface area contributed by atoms with Crippen molar-refractivity contribution in [3.8, 4) is 17.0 Å². The SMILES string of the molecule is CC1CCCCC1NC(=O)COc1ncnc2scc(-c3ccccc3)c12. The number of benzene rings is 1. The lowest BCUT2D eigenvalue weighted by molar-refractivity contribution is -0.124. The van der Waals surface area contributed by atoms with Crippen LogP contribution in [0.2, 0.25) is 0 Å². The first-order valence-electron chi connectivity index (χ1n) is 9.42. The van der Waals surface area contributed by atoms with Gasteiger partial charge in [0.1, 0.15) is 11.2 Å².